The number of nitrogens with one attached hydrogen (secondary N) is 1. The molecule has 0 aliphatic heterocycles. The van der Waals surface area contributed by atoms with Crippen molar-refractivity contribution in [2.75, 3.05) is 5.32 Å². The smallest absolute Gasteiger partial charge is 0.255 e. The van der Waals surface area contributed by atoms with E-state index < -0.39 is 5.82 Å². The van der Waals surface area contributed by atoms with Crippen LogP contribution in [0.25, 0.3) is 10.6 Å². The van der Waals surface area contributed by atoms with E-state index in [4.69, 9.17) is 0 Å². The van der Waals surface area contributed by atoms with Crippen molar-refractivity contribution in [3.05, 3.63) is 71.5 Å². The number of nitrogens with zero attached hydrogens (tertiary/aromatic N) is 1. The second kappa shape index (κ2) is 5.85. The molecule has 104 valence electrons. The zero-order chi connectivity index (χ0) is 14.7. The molecule has 0 atom stereocenters. The fraction of sp³-hybridized carbons (Fsp3) is 0. The van der Waals surface area contributed by atoms with Gasteiger partial charge in [-0.3, -0.25) is 4.79 Å². The summed E-state index contributed by atoms with van der Waals surface area (Å²) in [6.07, 6.45) is 1.75. The lowest BCUT2D eigenvalue weighted by atomic mass is 10.2. The molecule has 2 aromatic carbocycles. The van der Waals surface area contributed by atoms with Gasteiger partial charge >= 0.3 is 0 Å². The van der Waals surface area contributed by atoms with Gasteiger partial charge in [0.1, 0.15) is 10.8 Å². The van der Waals surface area contributed by atoms with Gasteiger partial charge in [-0.2, -0.15) is 0 Å². The molecule has 0 saturated carbocycles. The SMILES string of the molecule is O=C(Nc1ccc(-c2nccs2)cc1)c1cccc(F)c1. The van der Waals surface area contributed by atoms with Gasteiger partial charge in [0.25, 0.3) is 5.91 Å². The standard InChI is InChI=1S/C16H11FN2OS/c17-13-3-1-2-12(10-13)15(20)19-14-6-4-11(5-7-14)16-18-8-9-21-16/h1-10H,(H,19,20). The number of amides is 1. The van der Waals surface area contributed by atoms with E-state index in [1.54, 1.807) is 35.7 Å². The van der Waals surface area contributed by atoms with Gasteiger partial charge in [0.2, 0.25) is 0 Å². The number of carbonyl (C=O) groups is 1. The van der Waals surface area contributed by atoms with Crippen molar-refractivity contribution in [2.45, 2.75) is 0 Å². The number of rotatable bonds is 3. The highest BCUT2D eigenvalue weighted by molar-refractivity contribution is 7.13. The summed E-state index contributed by atoms with van der Waals surface area (Å²) in [7, 11) is 0. The molecule has 5 heteroatoms. The lowest BCUT2D eigenvalue weighted by Gasteiger charge is -2.06. The van der Waals surface area contributed by atoms with Gasteiger partial charge in [-0.25, -0.2) is 9.37 Å². The van der Waals surface area contributed by atoms with E-state index in [1.165, 1.54) is 18.2 Å². The van der Waals surface area contributed by atoms with E-state index in [2.05, 4.69) is 10.3 Å². The molecular formula is C16H11FN2OS. The fourth-order valence-corrected chi connectivity index (χ4v) is 2.54. The number of halogens is 1. The summed E-state index contributed by atoms with van der Waals surface area (Å²) in [5, 5.41) is 5.58. The van der Waals surface area contributed by atoms with Crippen molar-refractivity contribution in [1.29, 1.82) is 0 Å². The molecule has 0 fully saturated rings. The minimum Gasteiger partial charge on any atom is -0.322 e. The molecule has 1 heterocycles. The van der Waals surface area contributed by atoms with Crippen LogP contribution >= 0.6 is 11.3 Å². The van der Waals surface area contributed by atoms with Crippen LogP contribution in [0, 0.1) is 5.82 Å². The number of aromatic nitrogens is 1. The molecular weight excluding hydrogens is 287 g/mol. The Kier molecular flexibility index (Phi) is 3.75. The van der Waals surface area contributed by atoms with E-state index in [0.717, 1.165) is 10.6 Å². The second-order valence-corrected chi connectivity index (χ2v) is 5.27. The van der Waals surface area contributed by atoms with Crippen molar-refractivity contribution in [1.82, 2.24) is 4.98 Å². The molecule has 0 bridgehead atoms. The molecule has 1 N–H and O–H groups in total. The van der Waals surface area contributed by atoms with Crippen LogP contribution in [0.1, 0.15) is 10.4 Å². The van der Waals surface area contributed by atoms with Crippen LogP contribution in [0.2, 0.25) is 0 Å². The number of benzene rings is 2. The first kappa shape index (κ1) is 13.5. The zero-order valence-electron chi connectivity index (χ0n) is 10.9. The second-order valence-electron chi connectivity index (χ2n) is 4.38. The topological polar surface area (TPSA) is 42.0 Å². The zero-order valence-corrected chi connectivity index (χ0v) is 11.7. The third kappa shape index (κ3) is 3.14. The van der Waals surface area contributed by atoms with Crippen LogP contribution in [0.5, 0.6) is 0 Å². The Morgan fingerprint density at radius 2 is 1.95 bits per heavy atom. The molecule has 3 aromatic rings. The Morgan fingerprint density at radius 1 is 1.14 bits per heavy atom. The average Bonchev–Trinajstić information content (AvgIpc) is 3.02. The van der Waals surface area contributed by atoms with Crippen molar-refractivity contribution < 1.29 is 9.18 Å². The normalized spacial score (nSPS) is 10.3. The molecule has 1 amide bonds. The lowest BCUT2D eigenvalue weighted by molar-refractivity contribution is 0.102. The van der Waals surface area contributed by atoms with Gasteiger partial charge in [0.05, 0.1) is 0 Å². The van der Waals surface area contributed by atoms with Crippen LogP contribution in [0.4, 0.5) is 10.1 Å². The van der Waals surface area contributed by atoms with Gasteiger partial charge in [-0.05, 0) is 42.5 Å². The Labute approximate surface area is 125 Å². The molecule has 21 heavy (non-hydrogen) atoms. The Balaban J connectivity index is 1.75. The predicted octanol–water partition coefficient (Wildman–Crippen LogP) is 4.20. The largest absolute Gasteiger partial charge is 0.322 e. The third-order valence-electron chi connectivity index (χ3n) is 2.91. The summed E-state index contributed by atoms with van der Waals surface area (Å²) >= 11 is 1.55. The minimum atomic E-state index is -0.429. The van der Waals surface area contributed by atoms with Crippen molar-refractivity contribution >= 4 is 22.9 Å². The number of hydrogen-bond acceptors (Lipinski definition) is 3. The number of carbonyl (C=O) groups excluding carboxylic acids is 1. The van der Waals surface area contributed by atoms with Crippen molar-refractivity contribution in [3.63, 3.8) is 0 Å². The molecule has 0 radical (unpaired) electrons. The van der Waals surface area contributed by atoms with Crippen LogP contribution in [-0.4, -0.2) is 10.9 Å². The van der Waals surface area contributed by atoms with Gasteiger partial charge in [0, 0.05) is 28.4 Å². The van der Waals surface area contributed by atoms with E-state index in [-0.39, 0.29) is 5.91 Å². The highest BCUT2D eigenvalue weighted by Gasteiger charge is 2.07. The first-order valence-electron chi connectivity index (χ1n) is 6.29. The molecule has 0 aliphatic rings. The maximum absolute atomic E-state index is 13.1. The number of hydrogen-bond donors (Lipinski definition) is 1. The van der Waals surface area contributed by atoms with E-state index in [9.17, 15) is 9.18 Å². The minimum absolute atomic E-state index is 0.291. The molecule has 1 aromatic heterocycles. The average molecular weight is 298 g/mol. The van der Waals surface area contributed by atoms with Crippen LogP contribution < -0.4 is 5.32 Å². The summed E-state index contributed by atoms with van der Waals surface area (Å²) in [5.41, 5.74) is 1.94. The van der Waals surface area contributed by atoms with E-state index in [1.807, 2.05) is 17.5 Å². The van der Waals surface area contributed by atoms with E-state index in [0.29, 0.717) is 11.3 Å². The first-order valence-corrected chi connectivity index (χ1v) is 7.17. The first-order chi connectivity index (χ1) is 10.2. The van der Waals surface area contributed by atoms with Gasteiger partial charge in [0.15, 0.2) is 0 Å². The van der Waals surface area contributed by atoms with Gasteiger partial charge in [-0.1, -0.05) is 6.07 Å². The Hall–Kier alpha value is -2.53. The summed E-state index contributed by atoms with van der Waals surface area (Å²) in [6, 6.07) is 13.0. The molecule has 0 unspecified atom stereocenters. The van der Waals surface area contributed by atoms with Crippen molar-refractivity contribution in [2.24, 2.45) is 0 Å². The summed E-state index contributed by atoms with van der Waals surface area (Å²) in [5.74, 6) is -0.765. The van der Waals surface area contributed by atoms with Crippen molar-refractivity contribution in [3.8, 4) is 10.6 Å². The summed E-state index contributed by atoms with van der Waals surface area (Å²) in [6.45, 7) is 0. The fourth-order valence-electron chi connectivity index (χ4n) is 1.90. The maximum Gasteiger partial charge on any atom is 0.255 e. The molecule has 3 nitrogen and oxygen atoms in total. The summed E-state index contributed by atoms with van der Waals surface area (Å²) < 4.78 is 13.1. The molecule has 3 rings (SSSR count). The Bertz CT molecular complexity index is 754. The third-order valence-corrected chi connectivity index (χ3v) is 3.73. The van der Waals surface area contributed by atoms with E-state index >= 15 is 0 Å². The monoisotopic (exact) mass is 298 g/mol. The highest BCUT2D eigenvalue weighted by Crippen LogP contribution is 2.23. The summed E-state index contributed by atoms with van der Waals surface area (Å²) in [4.78, 5) is 16.2. The molecule has 0 aliphatic carbocycles. The maximum atomic E-state index is 13.1. The van der Waals surface area contributed by atoms with Gasteiger partial charge in [-0.15, -0.1) is 11.3 Å². The lowest BCUT2D eigenvalue weighted by Crippen LogP contribution is -2.11. The number of thiazole rings is 1. The number of anilines is 1. The van der Waals surface area contributed by atoms with Crippen LogP contribution in [0.3, 0.4) is 0 Å². The Morgan fingerprint density at radius 3 is 2.62 bits per heavy atom. The predicted molar refractivity (Wildman–Crippen MR) is 81.9 cm³/mol. The quantitative estimate of drug-likeness (QED) is 0.787. The van der Waals surface area contributed by atoms with Crippen LogP contribution in [0.15, 0.2) is 60.1 Å². The van der Waals surface area contributed by atoms with Crippen LogP contribution in [-0.2, 0) is 0 Å². The van der Waals surface area contributed by atoms with Gasteiger partial charge < -0.3 is 5.32 Å². The highest BCUT2D eigenvalue weighted by atomic mass is 32.1. The molecule has 0 saturated heterocycles. The molecule has 0 spiro atoms.